The van der Waals surface area contributed by atoms with Crippen molar-refractivity contribution < 1.29 is 28.3 Å². The molecule has 1 heterocycles. The number of ether oxygens (including phenoxy) is 1. The lowest BCUT2D eigenvalue weighted by Crippen LogP contribution is -2.45. The summed E-state index contributed by atoms with van der Waals surface area (Å²) >= 11 is 0. The maximum absolute atomic E-state index is 14.5. The summed E-state index contributed by atoms with van der Waals surface area (Å²) < 4.78 is 19.5. The van der Waals surface area contributed by atoms with Gasteiger partial charge in [0.15, 0.2) is 0 Å². The summed E-state index contributed by atoms with van der Waals surface area (Å²) in [4.78, 5) is 54.0. The van der Waals surface area contributed by atoms with Crippen LogP contribution in [0.1, 0.15) is 45.2 Å². The number of benzene rings is 3. The van der Waals surface area contributed by atoms with Crippen molar-refractivity contribution in [2.24, 2.45) is 0 Å². The van der Waals surface area contributed by atoms with E-state index < -0.39 is 35.5 Å². The lowest BCUT2D eigenvalue weighted by Gasteiger charge is -2.28. The Morgan fingerprint density at radius 3 is 2.31 bits per heavy atom. The summed E-state index contributed by atoms with van der Waals surface area (Å²) in [6.07, 6.45) is -0.246. The van der Waals surface area contributed by atoms with Crippen LogP contribution in [-0.4, -0.2) is 41.2 Å². The van der Waals surface area contributed by atoms with E-state index in [4.69, 9.17) is 4.74 Å². The average molecular weight is 489 g/mol. The van der Waals surface area contributed by atoms with E-state index in [2.05, 4.69) is 0 Å². The Hall–Kier alpha value is -4.33. The number of carbonyl (C=O) groups is 4. The standard InChI is InChI=1S/C28H25FN2O5/c1-3-36-28(35)20-12-14-21(15-13-20)31-25(32)16-24(27(31)34)30(17-19-10-8-18(2)9-11-19)26(33)22-6-4-5-7-23(22)29/h4-15,24H,3,16-17H2,1-2H3. The Morgan fingerprint density at radius 2 is 1.67 bits per heavy atom. The van der Waals surface area contributed by atoms with Crippen molar-refractivity contribution in [2.45, 2.75) is 32.9 Å². The molecular weight excluding hydrogens is 463 g/mol. The molecule has 3 aromatic rings. The maximum atomic E-state index is 14.5. The zero-order valence-electron chi connectivity index (χ0n) is 19.9. The molecule has 7 nitrogen and oxygen atoms in total. The highest BCUT2D eigenvalue weighted by atomic mass is 19.1. The van der Waals surface area contributed by atoms with Crippen LogP contribution in [0, 0.1) is 12.7 Å². The van der Waals surface area contributed by atoms with Crippen LogP contribution in [0.4, 0.5) is 10.1 Å². The number of rotatable bonds is 7. The molecule has 1 unspecified atom stereocenters. The smallest absolute Gasteiger partial charge is 0.338 e. The third kappa shape index (κ3) is 5.02. The van der Waals surface area contributed by atoms with Crippen molar-refractivity contribution in [2.75, 3.05) is 11.5 Å². The second-order valence-electron chi connectivity index (χ2n) is 8.45. The molecule has 3 amide bonds. The second kappa shape index (κ2) is 10.5. The molecule has 1 fully saturated rings. The van der Waals surface area contributed by atoms with Gasteiger partial charge < -0.3 is 9.64 Å². The van der Waals surface area contributed by atoms with Gasteiger partial charge in [0, 0.05) is 6.54 Å². The lowest BCUT2D eigenvalue weighted by molar-refractivity contribution is -0.122. The molecule has 4 rings (SSSR count). The summed E-state index contributed by atoms with van der Waals surface area (Å²) in [5, 5.41) is 0. The molecule has 1 aliphatic rings. The minimum Gasteiger partial charge on any atom is -0.462 e. The van der Waals surface area contributed by atoms with Gasteiger partial charge in [-0.05, 0) is 55.8 Å². The Balaban J connectivity index is 1.65. The molecule has 1 aliphatic heterocycles. The number of amides is 3. The zero-order valence-corrected chi connectivity index (χ0v) is 19.9. The third-order valence-electron chi connectivity index (χ3n) is 5.97. The molecule has 0 spiro atoms. The fourth-order valence-electron chi connectivity index (χ4n) is 4.09. The molecule has 0 bridgehead atoms. The second-order valence-corrected chi connectivity index (χ2v) is 8.45. The van der Waals surface area contributed by atoms with Crippen molar-refractivity contribution in [3.05, 3.63) is 101 Å². The van der Waals surface area contributed by atoms with E-state index in [1.54, 1.807) is 13.0 Å². The molecule has 0 aliphatic carbocycles. The first-order valence-corrected chi connectivity index (χ1v) is 11.5. The molecule has 0 N–H and O–H groups in total. The van der Waals surface area contributed by atoms with Gasteiger partial charge in [0.25, 0.3) is 11.8 Å². The normalized spacial score (nSPS) is 15.2. The SMILES string of the molecule is CCOC(=O)c1ccc(N2C(=O)CC(N(Cc3ccc(C)cc3)C(=O)c3ccccc3F)C2=O)cc1. The third-order valence-corrected chi connectivity index (χ3v) is 5.97. The fraction of sp³-hybridized carbons (Fsp3) is 0.214. The van der Waals surface area contributed by atoms with E-state index in [0.29, 0.717) is 0 Å². The van der Waals surface area contributed by atoms with E-state index in [1.807, 2.05) is 31.2 Å². The van der Waals surface area contributed by atoms with Crippen LogP contribution >= 0.6 is 0 Å². The highest BCUT2D eigenvalue weighted by Gasteiger charge is 2.44. The molecule has 1 atom stereocenters. The lowest BCUT2D eigenvalue weighted by atomic mass is 10.1. The van der Waals surface area contributed by atoms with Crippen LogP contribution in [0.5, 0.6) is 0 Å². The number of hydrogen-bond acceptors (Lipinski definition) is 5. The van der Waals surface area contributed by atoms with Crippen molar-refractivity contribution >= 4 is 29.4 Å². The molecular formula is C28H25FN2O5. The predicted molar refractivity (Wildman–Crippen MR) is 131 cm³/mol. The monoisotopic (exact) mass is 488 g/mol. The van der Waals surface area contributed by atoms with E-state index in [9.17, 15) is 23.6 Å². The predicted octanol–water partition coefficient (Wildman–Crippen LogP) is 4.29. The summed E-state index contributed by atoms with van der Waals surface area (Å²) in [5.74, 6) is -3.00. The number of aryl methyl sites for hydroxylation is 1. The summed E-state index contributed by atoms with van der Waals surface area (Å²) in [7, 11) is 0. The topological polar surface area (TPSA) is 84.0 Å². The van der Waals surface area contributed by atoms with Crippen LogP contribution in [0.25, 0.3) is 0 Å². The van der Waals surface area contributed by atoms with Crippen LogP contribution in [-0.2, 0) is 20.9 Å². The van der Waals surface area contributed by atoms with Crippen LogP contribution in [0.2, 0.25) is 0 Å². The van der Waals surface area contributed by atoms with E-state index in [1.165, 1.54) is 47.4 Å². The molecule has 184 valence electrons. The van der Waals surface area contributed by atoms with Gasteiger partial charge in [0.2, 0.25) is 5.91 Å². The quantitative estimate of drug-likeness (QED) is 0.366. The number of nitrogens with zero attached hydrogens (tertiary/aromatic N) is 2. The number of carbonyl (C=O) groups excluding carboxylic acids is 4. The summed E-state index contributed by atoms with van der Waals surface area (Å²) in [6.45, 7) is 3.86. The zero-order chi connectivity index (χ0) is 25.8. The van der Waals surface area contributed by atoms with Crippen molar-refractivity contribution in [1.82, 2.24) is 4.90 Å². The van der Waals surface area contributed by atoms with Crippen LogP contribution < -0.4 is 4.90 Å². The average Bonchev–Trinajstić information content (AvgIpc) is 3.17. The number of esters is 1. The first kappa shape index (κ1) is 24.8. The maximum Gasteiger partial charge on any atom is 0.338 e. The highest BCUT2D eigenvalue weighted by molar-refractivity contribution is 6.23. The molecule has 0 radical (unpaired) electrons. The molecule has 1 saturated heterocycles. The largest absolute Gasteiger partial charge is 0.462 e. The van der Waals surface area contributed by atoms with Gasteiger partial charge in [-0.3, -0.25) is 14.4 Å². The molecule has 36 heavy (non-hydrogen) atoms. The first-order chi connectivity index (χ1) is 17.3. The van der Waals surface area contributed by atoms with Gasteiger partial charge >= 0.3 is 5.97 Å². The number of anilines is 1. The van der Waals surface area contributed by atoms with E-state index in [0.717, 1.165) is 16.0 Å². The van der Waals surface area contributed by atoms with Gasteiger partial charge in [-0.2, -0.15) is 0 Å². The fourth-order valence-corrected chi connectivity index (χ4v) is 4.09. The summed E-state index contributed by atoms with van der Waals surface area (Å²) in [5.41, 5.74) is 2.14. The molecule has 8 heteroatoms. The van der Waals surface area contributed by atoms with Crippen LogP contribution in [0.15, 0.2) is 72.8 Å². The highest BCUT2D eigenvalue weighted by Crippen LogP contribution is 2.28. The number of hydrogen-bond donors (Lipinski definition) is 0. The van der Waals surface area contributed by atoms with Gasteiger partial charge in [0.1, 0.15) is 11.9 Å². The molecule has 0 aromatic heterocycles. The van der Waals surface area contributed by atoms with Crippen molar-refractivity contribution in [3.63, 3.8) is 0 Å². The Morgan fingerprint density at radius 1 is 1.00 bits per heavy atom. The van der Waals surface area contributed by atoms with E-state index in [-0.39, 0.29) is 36.4 Å². The molecule has 0 saturated carbocycles. The van der Waals surface area contributed by atoms with Crippen molar-refractivity contribution in [1.29, 1.82) is 0 Å². The minimum absolute atomic E-state index is 0.0206. The van der Waals surface area contributed by atoms with Crippen molar-refractivity contribution in [3.8, 4) is 0 Å². The van der Waals surface area contributed by atoms with Gasteiger partial charge in [-0.1, -0.05) is 42.0 Å². The first-order valence-electron chi connectivity index (χ1n) is 11.5. The van der Waals surface area contributed by atoms with Crippen LogP contribution in [0.3, 0.4) is 0 Å². The number of halogens is 1. The molecule has 3 aromatic carbocycles. The van der Waals surface area contributed by atoms with Gasteiger partial charge in [-0.15, -0.1) is 0 Å². The Bertz CT molecular complexity index is 1300. The Kier molecular flexibility index (Phi) is 7.24. The summed E-state index contributed by atoms with van der Waals surface area (Å²) in [6, 6.07) is 17.7. The van der Waals surface area contributed by atoms with Gasteiger partial charge in [-0.25, -0.2) is 14.1 Å². The van der Waals surface area contributed by atoms with E-state index >= 15 is 0 Å². The minimum atomic E-state index is -1.12. The Labute approximate surface area is 208 Å². The van der Waals surface area contributed by atoms with Gasteiger partial charge in [0.05, 0.1) is 29.8 Å². The number of imide groups is 1.